The van der Waals surface area contributed by atoms with Crippen molar-refractivity contribution in [2.75, 3.05) is 29.9 Å². The Kier molecular flexibility index (Phi) is 4.72. The molecule has 3 N–H and O–H groups in total. The molecule has 0 atom stereocenters. The first-order valence-electron chi connectivity index (χ1n) is 10.0. The van der Waals surface area contributed by atoms with Crippen LogP contribution in [-0.4, -0.2) is 50.2 Å². The van der Waals surface area contributed by atoms with Crippen molar-refractivity contribution in [1.82, 2.24) is 30.0 Å². The first-order chi connectivity index (χ1) is 14.6. The number of imidazole rings is 1. The first-order valence-corrected chi connectivity index (χ1v) is 10.0. The van der Waals surface area contributed by atoms with Crippen molar-refractivity contribution in [2.24, 2.45) is 0 Å². The highest BCUT2D eigenvalue weighted by molar-refractivity contribution is 5.78. The van der Waals surface area contributed by atoms with Crippen molar-refractivity contribution in [3.63, 3.8) is 0 Å². The highest BCUT2D eigenvalue weighted by Gasteiger charge is 2.20. The number of amides is 1. The molecule has 1 fully saturated rings. The fourth-order valence-electron chi connectivity index (χ4n) is 3.87. The molecule has 0 unspecified atom stereocenters. The largest absolute Gasteiger partial charge is 0.354 e. The van der Waals surface area contributed by atoms with Crippen molar-refractivity contribution in [3.05, 3.63) is 66.0 Å². The molecule has 0 saturated carbocycles. The third-order valence-corrected chi connectivity index (χ3v) is 5.29. The van der Waals surface area contributed by atoms with Crippen LogP contribution in [-0.2, 0) is 17.9 Å². The Bertz CT molecular complexity index is 1100. The molecule has 3 aromatic rings. The Hall–Kier alpha value is -3.59. The van der Waals surface area contributed by atoms with E-state index in [-0.39, 0.29) is 5.91 Å². The maximum Gasteiger partial charge on any atom is 0.234 e. The molecule has 1 amide bonds. The summed E-state index contributed by atoms with van der Waals surface area (Å²) in [5.74, 6) is 2.69. The van der Waals surface area contributed by atoms with E-state index in [0.717, 1.165) is 41.9 Å². The van der Waals surface area contributed by atoms with Gasteiger partial charge in [0, 0.05) is 55.7 Å². The van der Waals surface area contributed by atoms with Crippen LogP contribution in [0.25, 0.3) is 5.82 Å². The quantitative estimate of drug-likeness (QED) is 0.600. The molecule has 0 spiro atoms. The maximum atomic E-state index is 11.7. The molecule has 154 valence electrons. The number of rotatable bonds is 5. The van der Waals surface area contributed by atoms with Crippen LogP contribution in [0.1, 0.15) is 17.1 Å². The summed E-state index contributed by atoms with van der Waals surface area (Å²) in [6.45, 7) is 5.42. The highest BCUT2D eigenvalue weighted by atomic mass is 16.2. The summed E-state index contributed by atoms with van der Waals surface area (Å²) in [7, 11) is 0. The number of aryl methyl sites for hydroxylation is 1. The molecule has 2 aliphatic rings. The molecule has 1 saturated heterocycles. The van der Waals surface area contributed by atoms with Crippen LogP contribution >= 0.6 is 0 Å². The molecule has 1 aromatic carbocycles. The normalized spacial score (nSPS) is 16.8. The summed E-state index contributed by atoms with van der Waals surface area (Å²) in [5, 5.41) is 13.5. The van der Waals surface area contributed by atoms with Gasteiger partial charge in [0.1, 0.15) is 11.6 Å². The molecule has 5 rings (SSSR count). The number of piperazine rings is 1. The number of nitrogens with one attached hydrogen (secondary N) is 3. The number of hydrogen-bond donors (Lipinski definition) is 3. The average Bonchev–Trinajstić information content (AvgIpc) is 3.37. The Morgan fingerprint density at radius 1 is 1.23 bits per heavy atom. The average molecular weight is 404 g/mol. The van der Waals surface area contributed by atoms with Crippen molar-refractivity contribution >= 4 is 23.2 Å². The molecular weight excluding hydrogens is 380 g/mol. The van der Waals surface area contributed by atoms with Crippen LogP contribution in [0.2, 0.25) is 0 Å². The second-order valence-electron chi connectivity index (χ2n) is 7.65. The second kappa shape index (κ2) is 7.68. The lowest BCUT2D eigenvalue weighted by Crippen LogP contribution is -2.47. The third-order valence-electron chi connectivity index (χ3n) is 5.29. The smallest absolute Gasteiger partial charge is 0.234 e. The van der Waals surface area contributed by atoms with Gasteiger partial charge in [0.25, 0.3) is 0 Å². The van der Waals surface area contributed by atoms with Gasteiger partial charge in [0.2, 0.25) is 5.91 Å². The van der Waals surface area contributed by atoms with E-state index in [0.29, 0.717) is 19.6 Å². The minimum Gasteiger partial charge on any atom is -0.354 e. The van der Waals surface area contributed by atoms with Gasteiger partial charge in [0.05, 0.1) is 13.1 Å². The predicted molar refractivity (Wildman–Crippen MR) is 114 cm³/mol. The standard InChI is InChI=1S/C21H24N8O/c1-15-9-18(26-25-15)24-20-13-28(12-19-22-6-8-29(19)20)17-4-2-3-16(10-17)11-27-7-5-23-21(30)14-27/h2-4,6,8-10,13H,5,7,11-12,14H2,1H3,(H,23,30)(H2,24,25,26). The lowest BCUT2D eigenvalue weighted by molar-refractivity contribution is -0.124. The van der Waals surface area contributed by atoms with Crippen LogP contribution < -0.4 is 15.5 Å². The number of aromatic amines is 1. The van der Waals surface area contributed by atoms with Gasteiger partial charge in [-0.3, -0.25) is 19.4 Å². The van der Waals surface area contributed by atoms with E-state index in [1.807, 2.05) is 30.0 Å². The number of fused-ring (bicyclic) bond motifs is 1. The summed E-state index contributed by atoms with van der Waals surface area (Å²) in [5.41, 5.74) is 3.26. The van der Waals surface area contributed by atoms with Crippen molar-refractivity contribution in [1.29, 1.82) is 0 Å². The Morgan fingerprint density at radius 2 is 2.17 bits per heavy atom. The van der Waals surface area contributed by atoms with Crippen LogP contribution in [0.4, 0.5) is 11.5 Å². The van der Waals surface area contributed by atoms with Crippen molar-refractivity contribution in [3.8, 4) is 0 Å². The zero-order chi connectivity index (χ0) is 20.5. The van der Waals surface area contributed by atoms with Crippen LogP contribution in [0.5, 0.6) is 0 Å². The van der Waals surface area contributed by atoms with E-state index in [4.69, 9.17) is 0 Å². The Balaban J connectivity index is 1.39. The molecule has 9 nitrogen and oxygen atoms in total. The van der Waals surface area contributed by atoms with E-state index in [2.05, 4.69) is 66.1 Å². The van der Waals surface area contributed by atoms with Gasteiger partial charge in [-0.05, 0) is 24.6 Å². The lowest BCUT2D eigenvalue weighted by atomic mass is 10.1. The number of aromatic nitrogens is 4. The van der Waals surface area contributed by atoms with Crippen LogP contribution in [0.15, 0.2) is 48.9 Å². The molecule has 9 heteroatoms. The van der Waals surface area contributed by atoms with Crippen molar-refractivity contribution in [2.45, 2.75) is 20.0 Å². The van der Waals surface area contributed by atoms with Gasteiger partial charge in [-0.1, -0.05) is 12.1 Å². The third kappa shape index (κ3) is 3.79. The second-order valence-corrected chi connectivity index (χ2v) is 7.65. The number of nitrogens with zero attached hydrogens (tertiary/aromatic N) is 5. The molecule has 0 radical (unpaired) electrons. The fourth-order valence-corrected chi connectivity index (χ4v) is 3.87. The highest BCUT2D eigenvalue weighted by Crippen LogP contribution is 2.26. The van der Waals surface area contributed by atoms with Gasteiger partial charge in [-0.25, -0.2) is 4.98 Å². The molecule has 2 aromatic heterocycles. The number of benzene rings is 1. The van der Waals surface area contributed by atoms with Crippen molar-refractivity contribution < 1.29 is 4.79 Å². The lowest BCUT2D eigenvalue weighted by Gasteiger charge is -2.29. The molecule has 4 heterocycles. The minimum absolute atomic E-state index is 0.0903. The Labute approximate surface area is 174 Å². The number of H-pyrrole nitrogens is 1. The van der Waals surface area contributed by atoms with E-state index in [1.165, 1.54) is 5.56 Å². The number of carbonyl (C=O) groups is 1. The molecule has 30 heavy (non-hydrogen) atoms. The minimum atomic E-state index is 0.0903. The summed E-state index contributed by atoms with van der Waals surface area (Å²) < 4.78 is 2.04. The number of hydrogen-bond acceptors (Lipinski definition) is 6. The summed E-state index contributed by atoms with van der Waals surface area (Å²) in [6.07, 6.45) is 5.83. The van der Waals surface area contributed by atoms with Gasteiger partial charge in [-0.2, -0.15) is 5.10 Å². The van der Waals surface area contributed by atoms with E-state index < -0.39 is 0 Å². The Morgan fingerprint density at radius 3 is 3.00 bits per heavy atom. The number of carbonyl (C=O) groups excluding carboxylic acids is 1. The summed E-state index contributed by atoms with van der Waals surface area (Å²) in [6, 6.07) is 10.4. The van der Waals surface area contributed by atoms with Crippen LogP contribution in [0, 0.1) is 6.92 Å². The molecular formula is C21H24N8O. The van der Waals surface area contributed by atoms with Gasteiger partial charge >= 0.3 is 0 Å². The molecule has 2 aliphatic heterocycles. The SMILES string of the molecule is Cc1cc(NC2=CN(c3cccc(CN4CCNC(=O)C4)c3)Cc3nccn32)n[nH]1. The monoisotopic (exact) mass is 404 g/mol. The summed E-state index contributed by atoms with van der Waals surface area (Å²) >= 11 is 0. The maximum absolute atomic E-state index is 11.7. The first kappa shape index (κ1) is 18.4. The molecule has 0 bridgehead atoms. The van der Waals surface area contributed by atoms with Gasteiger partial charge in [0.15, 0.2) is 5.82 Å². The fraction of sp³-hybridized carbons (Fsp3) is 0.286. The van der Waals surface area contributed by atoms with E-state index in [1.54, 1.807) is 0 Å². The van der Waals surface area contributed by atoms with E-state index >= 15 is 0 Å². The zero-order valence-corrected chi connectivity index (χ0v) is 16.8. The number of anilines is 2. The van der Waals surface area contributed by atoms with Crippen LogP contribution in [0.3, 0.4) is 0 Å². The van der Waals surface area contributed by atoms with Gasteiger partial charge in [-0.15, -0.1) is 0 Å². The van der Waals surface area contributed by atoms with E-state index in [9.17, 15) is 4.79 Å². The predicted octanol–water partition coefficient (Wildman–Crippen LogP) is 1.73. The van der Waals surface area contributed by atoms with Gasteiger partial charge < -0.3 is 15.5 Å². The molecule has 0 aliphatic carbocycles. The summed E-state index contributed by atoms with van der Waals surface area (Å²) in [4.78, 5) is 20.5. The zero-order valence-electron chi connectivity index (χ0n) is 16.8. The topological polar surface area (TPSA) is 94.1 Å².